The summed E-state index contributed by atoms with van der Waals surface area (Å²) in [5.74, 6) is 0. The minimum Gasteiger partial charge on any atom is -0.444 e. The topological polar surface area (TPSA) is 41.6 Å². The van der Waals surface area contributed by atoms with Gasteiger partial charge in [0.2, 0.25) is 0 Å². The SMILES string of the molecule is CC(C)(C)OC(=O)N1CNC1. The van der Waals surface area contributed by atoms with Crippen molar-refractivity contribution in [2.75, 3.05) is 13.3 Å². The van der Waals surface area contributed by atoms with Crippen molar-refractivity contribution in [2.45, 2.75) is 26.4 Å². The van der Waals surface area contributed by atoms with E-state index in [0.29, 0.717) is 13.3 Å². The Labute approximate surface area is 66.5 Å². The molecule has 4 heteroatoms. The predicted octanol–water partition coefficient (Wildman–Crippen LogP) is 0.742. The second-order valence-corrected chi connectivity index (χ2v) is 3.59. The van der Waals surface area contributed by atoms with Gasteiger partial charge in [0, 0.05) is 0 Å². The van der Waals surface area contributed by atoms with Gasteiger partial charge in [-0.05, 0) is 20.8 Å². The molecule has 0 aromatic rings. The Morgan fingerprint density at radius 1 is 1.45 bits per heavy atom. The van der Waals surface area contributed by atoms with Crippen molar-refractivity contribution in [3.63, 3.8) is 0 Å². The second kappa shape index (κ2) is 2.70. The molecule has 0 aliphatic carbocycles. The van der Waals surface area contributed by atoms with E-state index in [-0.39, 0.29) is 11.7 Å². The standard InChI is InChI=1S/C7H14N2O2/c1-7(2,3)11-6(10)9-4-8-5-9/h8H,4-5H2,1-3H3. The molecule has 0 spiro atoms. The zero-order valence-corrected chi connectivity index (χ0v) is 7.18. The summed E-state index contributed by atoms with van der Waals surface area (Å²) in [5, 5.41) is 2.95. The summed E-state index contributed by atoms with van der Waals surface area (Å²) in [7, 11) is 0. The van der Waals surface area contributed by atoms with Gasteiger partial charge < -0.3 is 4.74 Å². The minimum absolute atomic E-state index is 0.240. The number of amides is 1. The van der Waals surface area contributed by atoms with E-state index >= 15 is 0 Å². The third-order valence-electron chi connectivity index (χ3n) is 1.26. The summed E-state index contributed by atoms with van der Waals surface area (Å²) in [4.78, 5) is 12.7. The lowest BCUT2D eigenvalue weighted by atomic mass is 10.2. The molecule has 1 N–H and O–H groups in total. The van der Waals surface area contributed by atoms with Crippen LogP contribution in [0.2, 0.25) is 0 Å². The maximum atomic E-state index is 11.1. The van der Waals surface area contributed by atoms with Crippen LogP contribution in [0.5, 0.6) is 0 Å². The summed E-state index contributed by atoms with van der Waals surface area (Å²) in [6.07, 6.45) is -0.240. The van der Waals surface area contributed by atoms with E-state index in [4.69, 9.17) is 4.74 Å². The van der Waals surface area contributed by atoms with Gasteiger partial charge in [-0.3, -0.25) is 10.2 Å². The highest BCUT2D eigenvalue weighted by Gasteiger charge is 2.25. The number of hydrogen-bond acceptors (Lipinski definition) is 3. The fraction of sp³-hybridized carbons (Fsp3) is 0.857. The van der Waals surface area contributed by atoms with Crippen LogP contribution in [-0.4, -0.2) is 29.9 Å². The molecule has 0 atom stereocenters. The number of nitrogens with zero attached hydrogens (tertiary/aromatic N) is 1. The van der Waals surface area contributed by atoms with Crippen molar-refractivity contribution in [3.8, 4) is 0 Å². The Balaban J connectivity index is 2.31. The highest BCUT2D eigenvalue weighted by atomic mass is 16.6. The van der Waals surface area contributed by atoms with E-state index in [1.807, 2.05) is 20.8 Å². The number of carbonyl (C=O) groups is 1. The fourth-order valence-electron chi connectivity index (χ4n) is 0.679. The molecule has 1 saturated heterocycles. The van der Waals surface area contributed by atoms with E-state index in [2.05, 4.69) is 5.32 Å². The van der Waals surface area contributed by atoms with Gasteiger partial charge >= 0.3 is 6.09 Å². The number of hydrogen-bond donors (Lipinski definition) is 1. The third-order valence-corrected chi connectivity index (χ3v) is 1.26. The maximum Gasteiger partial charge on any atom is 0.412 e. The van der Waals surface area contributed by atoms with Gasteiger partial charge in [0.05, 0.1) is 13.3 Å². The Bertz CT molecular complexity index is 158. The average molecular weight is 158 g/mol. The van der Waals surface area contributed by atoms with Gasteiger partial charge in [0.1, 0.15) is 5.60 Å². The lowest BCUT2D eigenvalue weighted by Gasteiger charge is -2.33. The van der Waals surface area contributed by atoms with Crippen molar-refractivity contribution >= 4 is 6.09 Å². The van der Waals surface area contributed by atoms with Gasteiger partial charge in [-0.1, -0.05) is 0 Å². The molecule has 0 aromatic heterocycles. The Morgan fingerprint density at radius 3 is 2.27 bits per heavy atom. The molecule has 0 radical (unpaired) electrons. The van der Waals surface area contributed by atoms with E-state index in [9.17, 15) is 4.79 Å². The Morgan fingerprint density at radius 2 is 2.00 bits per heavy atom. The highest BCUT2D eigenvalue weighted by molar-refractivity contribution is 5.68. The minimum atomic E-state index is -0.382. The molecule has 1 amide bonds. The Hall–Kier alpha value is -0.770. The van der Waals surface area contributed by atoms with Crippen LogP contribution in [0.3, 0.4) is 0 Å². The fourth-order valence-corrected chi connectivity index (χ4v) is 0.679. The molecule has 0 bridgehead atoms. The summed E-state index contributed by atoms with van der Waals surface area (Å²) < 4.78 is 5.09. The molecule has 1 aliphatic rings. The molecule has 0 aromatic carbocycles. The van der Waals surface area contributed by atoms with Crippen molar-refractivity contribution in [1.29, 1.82) is 0 Å². The molecule has 4 nitrogen and oxygen atoms in total. The second-order valence-electron chi connectivity index (χ2n) is 3.59. The van der Waals surface area contributed by atoms with Crippen molar-refractivity contribution < 1.29 is 9.53 Å². The molecule has 11 heavy (non-hydrogen) atoms. The van der Waals surface area contributed by atoms with E-state index < -0.39 is 0 Å². The van der Waals surface area contributed by atoms with Crippen LogP contribution in [0.25, 0.3) is 0 Å². The maximum absolute atomic E-state index is 11.1. The normalized spacial score (nSPS) is 17.5. The molecule has 0 unspecified atom stereocenters. The first kappa shape index (κ1) is 8.33. The van der Waals surface area contributed by atoms with Crippen LogP contribution in [0.15, 0.2) is 0 Å². The summed E-state index contributed by atoms with van der Waals surface area (Å²) >= 11 is 0. The average Bonchev–Trinajstić information content (AvgIpc) is 1.50. The van der Waals surface area contributed by atoms with Gasteiger partial charge in [0.15, 0.2) is 0 Å². The zero-order valence-electron chi connectivity index (χ0n) is 7.18. The Kier molecular flexibility index (Phi) is 2.04. The quantitative estimate of drug-likeness (QED) is 0.565. The van der Waals surface area contributed by atoms with Gasteiger partial charge in [0.25, 0.3) is 0 Å². The highest BCUT2D eigenvalue weighted by Crippen LogP contribution is 2.10. The number of carbonyl (C=O) groups excluding carboxylic acids is 1. The van der Waals surface area contributed by atoms with Crippen LogP contribution in [0.1, 0.15) is 20.8 Å². The molecular weight excluding hydrogens is 144 g/mol. The number of nitrogens with one attached hydrogen (secondary N) is 1. The van der Waals surface area contributed by atoms with Crippen molar-refractivity contribution in [2.24, 2.45) is 0 Å². The van der Waals surface area contributed by atoms with Crippen LogP contribution < -0.4 is 5.32 Å². The summed E-state index contributed by atoms with van der Waals surface area (Å²) in [6.45, 7) is 6.79. The number of ether oxygens (including phenoxy) is 1. The summed E-state index contributed by atoms with van der Waals surface area (Å²) in [5.41, 5.74) is -0.382. The van der Waals surface area contributed by atoms with E-state index in [0.717, 1.165) is 0 Å². The van der Waals surface area contributed by atoms with Crippen LogP contribution in [0, 0.1) is 0 Å². The monoisotopic (exact) mass is 158 g/mol. The van der Waals surface area contributed by atoms with Gasteiger partial charge in [-0.25, -0.2) is 4.79 Å². The molecule has 0 saturated carbocycles. The van der Waals surface area contributed by atoms with Crippen molar-refractivity contribution in [3.05, 3.63) is 0 Å². The van der Waals surface area contributed by atoms with Crippen LogP contribution >= 0.6 is 0 Å². The molecule has 1 rings (SSSR count). The van der Waals surface area contributed by atoms with E-state index in [1.165, 1.54) is 0 Å². The molecular formula is C7H14N2O2. The lowest BCUT2D eigenvalue weighted by molar-refractivity contribution is 0.00609. The van der Waals surface area contributed by atoms with Crippen LogP contribution in [-0.2, 0) is 4.74 Å². The molecule has 1 heterocycles. The van der Waals surface area contributed by atoms with Crippen molar-refractivity contribution in [1.82, 2.24) is 10.2 Å². The van der Waals surface area contributed by atoms with Gasteiger partial charge in [-0.2, -0.15) is 0 Å². The smallest absolute Gasteiger partial charge is 0.412 e. The molecule has 1 aliphatic heterocycles. The third kappa shape index (κ3) is 2.38. The largest absolute Gasteiger partial charge is 0.444 e. The predicted molar refractivity (Wildman–Crippen MR) is 40.9 cm³/mol. The summed E-state index contributed by atoms with van der Waals surface area (Å²) in [6, 6.07) is 0. The first-order valence-corrected chi connectivity index (χ1v) is 3.68. The van der Waals surface area contributed by atoms with E-state index in [1.54, 1.807) is 4.90 Å². The first-order valence-electron chi connectivity index (χ1n) is 3.68. The van der Waals surface area contributed by atoms with Crippen LogP contribution in [0.4, 0.5) is 4.79 Å². The number of rotatable bonds is 0. The van der Waals surface area contributed by atoms with Gasteiger partial charge in [-0.15, -0.1) is 0 Å². The molecule has 64 valence electrons. The first-order chi connectivity index (χ1) is 4.99. The lowest BCUT2D eigenvalue weighted by Crippen LogP contribution is -2.55. The molecule has 1 fully saturated rings. The zero-order chi connectivity index (χ0) is 8.48.